The summed E-state index contributed by atoms with van der Waals surface area (Å²) in [6, 6.07) is 0.420. The largest absolute Gasteiger partial charge is 0.379 e. The number of rotatable bonds is 6. The van der Waals surface area contributed by atoms with Gasteiger partial charge in [-0.15, -0.1) is 0 Å². The molecule has 0 unspecified atom stereocenters. The number of carbonyl (C=O) groups excluding carboxylic acids is 1. The molecule has 7 nitrogen and oxygen atoms in total. The summed E-state index contributed by atoms with van der Waals surface area (Å²) in [7, 11) is 0. The van der Waals surface area contributed by atoms with E-state index in [2.05, 4.69) is 31.6 Å². The van der Waals surface area contributed by atoms with Gasteiger partial charge in [-0.05, 0) is 32.6 Å². The van der Waals surface area contributed by atoms with Gasteiger partial charge in [-0.2, -0.15) is 0 Å². The molecule has 0 spiro atoms. The molecule has 0 radical (unpaired) electrons. The van der Waals surface area contributed by atoms with E-state index in [1.165, 1.54) is 6.42 Å². The topological polar surface area (TPSA) is 62.6 Å². The molecule has 140 valence electrons. The van der Waals surface area contributed by atoms with E-state index in [9.17, 15) is 4.79 Å². The molecule has 1 aromatic rings. The Morgan fingerprint density at radius 2 is 2.16 bits per heavy atom. The fraction of sp³-hybridized carbons (Fsp3) is 0.778. The zero-order valence-electron chi connectivity index (χ0n) is 15.3. The number of hydrogen-bond donors (Lipinski definition) is 1. The molecule has 7 heteroatoms. The molecule has 0 aromatic carbocycles. The number of carbonyl (C=O) groups is 1. The molecule has 1 aromatic heterocycles. The summed E-state index contributed by atoms with van der Waals surface area (Å²) in [5.41, 5.74) is 1.05. The highest BCUT2D eigenvalue weighted by molar-refractivity contribution is 5.74. The number of nitrogens with one attached hydrogen (secondary N) is 1. The van der Waals surface area contributed by atoms with Crippen molar-refractivity contribution < 1.29 is 9.53 Å². The monoisotopic (exact) mass is 349 g/mol. The first-order chi connectivity index (χ1) is 12.3. The van der Waals surface area contributed by atoms with Crippen LogP contribution in [0.2, 0.25) is 0 Å². The molecule has 2 saturated heterocycles. The number of aromatic nitrogens is 2. The second-order valence-corrected chi connectivity index (χ2v) is 6.92. The average molecular weight is 349 g/mol. The van der Waals surface area contributed by atoms with Crippen LogP contribution in [0, 0.1) is 0 Å². The fourth-order valence-corrected chi connectivity index (χ4v) is 3.77. The third-order valence-corrected chi connectivity index (χ3v) is 5.33. The van der Waals surface area contributed by atoms with Crippen molar-refractivity contribution in [3.05, 3.63) is 18.2 Å². The van der Waals surface area contributed by atoms with Crippen molar-refractivity contribution in [1.82, 2.24) is 24.7 Å². The van der Waals surface area contributed by atoms with E-state index in [1.807, 2.05) is 12.5 Å². The molecule has 2 amide bonds. The lowest BCUT2D eigenvalue weighted by atomic mass is 9.99. The van der Waals surface area contributed by atoms with Crippen molar-refractivity contribution in [2.75, 3.05) is 39.4 Å². The highest BCUT2D eigenvalue weighted by atomic mass is 16.5. The summed E-state index contributed by atoms with van der Waals surface area (Å²) < 4.78 is 7.48. The lowest BCUT2D eigenvalue weighted by Gasteiger charge is -2.37. The highest BCUT2D eigenvalue weighted by Gasteiger charge is 2.27. The maximum absolute atomic E-state index is 12.7. The molecule has 25 heavy (non-hydrogen) atoms. The summed E-state index contributed by atoms with van der Waals surface area (Å²) >= 11 is 0. The number of likely N-dealkylation sites (tertiary alicyclic amines) is 1. The zero-order chi connectivity index (χ0) is 17.5. The van der Waals surface area contributed by atoms with Crippen molar-refractivity contribution in [2.24, 2.45) is 0 Å². The van der Waals surface area contributed by atoms with E-state index in [0.717, 1.165) is 70.9 Å². The maximum Gasteiger partial charge on any atom is 0.317 e. The van der Waals surface area contributed by atoms with E-state index in [4.69, 9.17) is 4.74 Å². The van der Waals surface area contributed by atoms with Crippen LogP contribution in [-0.4, -0.2) is 70.8 Å². The minimum Gasteiger partial charge on any atom is -0.379 e. The zero-order valence-corrected chi connectivity index (χ0v) is 15.3. The summed E-state index contributed by atoms with van der Waals surface area (Å²) in [4.78, 5) is 21.4. The number of imidazole rings is 1. The van der Waals surface area contributed by atoms with Crippen molar-refractivity contribution in [2.45, 2.75) is 51.7 Å². The second kappa shape index (κ2) is 9.20. The van der Waals surface area contributed by atoms with E-state index in [1.54, 1.807) is 0 Å². The number of hydrogen-bond acceptors (Lipinski definition) is 4. The molecule has 2 aliphatic rings. The van der Waals surface area contributed by atoms with Gasteiger partial charge in [0.1, 0.15) is 0 Å². The van der Waals surface area contributed by atoms with Gasteiger partial charge in [-0.3, -0.25) is 4.90 Å². The lowest BCUT2D eigenvalue weighted by Crippen LogP contribution is -2.50. The van der Waals surface area contributed by atoms with E-state index < -0.39 is 0 Å². The standard InChI is InChI=1S/C18H31N5O2/c1-2-22-15-19-13-17(22)14-20-18(24)23-7-4-3-5-16(23)6-8-21-9-11-25-12-10-21/h13,15-16H,2-12,14H2,1H3,(H,20,24)/t16-/m1/s1. The quantitative estimate of drug-likeness (QED) is 0.849. The second-order valence-electron chi connectivity index (χ2n) is 6.92. The number of ether oxygens (including phenoxy) is 1. The minimum absolute atomic E-state index is 0.0653. The maximum atomic E-state index is 12.7. The molecule has 2 fully saturated rings. The number of amides is 2. The number of morpholine rings is 1. The first-order valence-corrected chi connectivity index (χ1v) is 9.61. The van der Waals surface area contributed by atoms with Crippen LogP contribution in [-0.2, 0) is 17.8 Å². The van der Waals surface area contributed by atoms with Crippen LogP contribution in [0.5, 0.6) is 0 Å². The van der Waals surface area contributed by atoms with Gasteiger partial charge in [0.05, 0.1) is 31.8 Å². The smallest absolute Gasteiger partial charge is 0.317 e. The third-order valence-electron chi connectivity index (χ3n) is 5.33. The van der Waals surface area contributed by atoms with Crippen LogP contribution in [0.25, 0.3) is 0 Å². The number of urea groups is 1. The Morgan fingerprint density at radius 3 is 2.96 bits per heavy atom. The minimum atomic E-state index is 0.0653. The molecular weight excluding hydrogens is 318 g/mol. The molecule has 3 heterocycles. The van der Waals surface area contributed by atoms with E-state index in [0.29, 0.717) is 12.6 Å². The Hall–Kier alpha value is -1.60. The van der Waals surface area contributed by atoms with E-state index in [-0.39, 0.29) is 6.03 Å². The van der Waals surface area contributed by atoms with Gasteiger partial charge in [-0.25, -0.2) is 9.78 Å². The van der Waals surface area contributed by atoms with Crippen molar-refractivity contribution in [3.8, 4) is 0 Å². The van der Waals surface area contributed by atoms with Gasteiger partial charge in [-0.1, -0.05) is 0 Å². The van der Waals surface area contributed by atoms with Crippen molar-refractivity contribution >= 4 is 6.03 Å². The van der Waals surface area contributed by atoms with Crippen LogP contribution in [0.3, 0.4) is 0 Å². The molecule has 0 aliphatic carbocycles. The van der Waals surface area contributed by atoms with Gasteiger partial charge in [0.2, 0.25) is 0 Å². The summed E-state index contributed by atoms with van der Waals surface area (Å²) in [6.07, 6.45) is 8.14. The van der Waals surface area contributed by atoms with Gasteiger partial charge in [0.15, 0.2) is 0 Å². The number of aryl methyl sites for hydroxylation is 1. The van der Waals surface area contributed by atoms with Gasteiger partial charge in [0, 0.05) is 45.0 Å². The Bertz CT molecular complexity index is 541. The Labute approximate surface area is 150 Å². The Balaban J connectivity index is 1.49. The predicted octanol–water partition coefficient (Wildman–Crippen LogP) is 1.69. The van der Waals surface area contributed by atoms with E-state index >= 15 is 0 Å². The number of piperidine rings is 1. The van der Waals surface area contributed by atoms with Crippen LogP contribution >= 0.6 is 0 Å². The van der Waals surface area contributed by atoms with Crippen LogP contribution in [0.1, 0.15) is 38.3 Å². The molecule has 0 saturated carbocycles. The number of nitrogens with zero attached hydrogens (tertiary/aromatic N) is 4. The Kier molecular flexibility index (Phi) is 6.69. The fourth-order valence-electron chi connectivity index (χ4n) is 3.77. The molecule has 1 N–H and O–H groups in total. The van der Waals surface area contributed by atoms with Gasteiger partial charge < -0.3 is 19.5 Å². The first kappa shape index (κ1) is 18.2. The molecule has 2 aliphatic heterocycles. The summed E-state index contributed by atoms with van der Waals surface area (Å²) in [6.45, 7) is 9.11. The molecule has 0 bridgehead atoms. The molecular formula is C18H31N5O2. The summed E-state index contributed by atoms with van der Waals surface area (Å²) in [5, 5.41) is 3.09. The van der Waals surface area contributed by atoms with Gasteiger partial charge >= 0.3 is 6.03 Å². The van der Waals surface area contributed by atoms with Gasteiger partial charge in [0.25, 0.3) is 0 Å². The summed E-state index contributed by atoms with van der Waals surface area (Å²) in [5.74, 6) is 0. The normalized spacial score (nSPS) is 22.1. The average Bonchev–Trinajstić information content (AvgIpc) is 3.13. The predicted molar refractivity (Wildman–Crippen MR) is 96.4 cm³/mol. The SMILES string of the molecule is CCn1cncc1CNC(=O)N1CCCC[C@@H]1CCN1CCOCC1. The van der Waals surface area contributed by atoms with Crippen LogP contribution in [0.15, 0.2) is 12.5 Å². The molecule has 1 atom stereocenters. The first-order valence-electron chi connectivity index (χ1n) is 9.61. The Morgan fingerprint density at radius 1 is 1.32 bits per heavy atom. The van der Waals surface area contributed by atoms with Crippen molar-refractivity contribution in [3.63, 3.8) is 0 Å². The van der Waals surface area contributed by atoms with Crippen molar-refractivity contribution in [1.29, 1.82) is 0 Å². The lowest BCUT2D eigenvalue weighted by molar-refractivity contribution is 0.0326. The third kappa shape index (κ3) is 4.95. The highest BCUT2D eigenvalue weighted by Crippen LogP contribution is 2.20. The van der Waals surface area contributed by atoms with Crippen LogP contribution in [0.4, 0.5) is 4.79 Å². The van der Waals surface area contributed by atoms with Crippen LogP contribution < -0.4 is 5.32 Å². The molecule has 3 rings (SSSR count).